The van der Waals surface area contributed by atoms with Gasteiger partial charge in [-0.25, -0.2) is 0 Å². The first-order valence-electron chi connectivity index (χ1n) is 6.10. The first-order chi connectivity index (χ1) is 7.83. The van der Waals surface area contributed by atoms with Crippen LogP contribution in [-0.4, -0.2) is 39.4 Å². The lowest BCUT2D eigenvalue weighted by molar-refractivity contribution is -0.124. The van der Waals surface area contributed by atoms with Gasteiger partial charge in [-0.2, -0.15) is 0 Å². The van der Waals surface area contributed by atoms with Crippen LogP contribution in [0.4, 0.5) is 0 Å². The van der Waals surface area contributed by atoms with Crippen molar-refractivity contribution in [1.82, 2.24) is 0 Å². The van der Waals surface area contributed by atoms with Crippen LogP contribution in [0, 0.1) is 11.8 Å². The Morgan fingerprint density at radius 2 is 1.94 bits per heavy atom. The van der Waals surface area contributed by atoms with Crippen LogP contribution in [0.15, 0.2) is 11.6 Å². The van der Waals surface area contributed by atoms with Crippen LogP contribution in [0.5, 0.6) is 0 Å². The number of epoxide rings is 1. The number of ether oxygens (including phenoxy) is 1. The van der Waals surface area contributed by atoms with E-state index in [1.807, 2.05) is 19.9 Å². The predicted octanol–water partition coefficient (Wildman–Crippen LogP) is 0.421. The molecule has 3 rings (SSSR count). The molecule has 0 aromatic rings. The zero-order valence-electron chi connectivity index (χ0n) is 10.3. The highest BCUT2D eigenvalue weighted by molar-refractivity contribution is 5.99. The van der Waals surface area contributed by atoms with E-state index in [0.29, 0.717) is 12.0 Å². The number of ketones is 1. The molecule has 0 aromatic heterocycles. The van der Waals surface area contributed by atoms with E-state index in [9.17, 15) is 15.0 Å². The standard InChI is InChI=1S/C13H18O4/c1-6-4-5-7-10(15)11(16)8(9(6)14)13(7)12(2,3)17-13/h4,7-8,10-11,15-16H,5H2,1-3H3/t7-,8+,10-,11+,13?/m1/s1. The lowest BCUT2D eigenvalue weighted by atomic mass is 9.78. The number of allylic oxidation sites excluding steroid dienone is 2. The fourth-order valence-corrected chi connectivity index (χ4v) is 3.84. The molecule has 1 aliphatic heterocycles. The van der Waals surface area contributed by atoms with E-state index in [0.717, 1.165) is 0 Å². The minimum Gasteiger partial charge on any atom is -0.390 e. The summed E-state index contributed by atoms with van der Waals surface area (Å²) in [7, 11) is 0. The van der Waals surface area contributed by atoms with Gasteiger partial charge in [-0.3, -0.25) is 4.79 Å². The third-order valence-corrected chi connectivity index (χ3v) is 4.79. The van der Waals surface area contributed by atoms with Crippen molar-refractivity contribution >= 4 is 5.78 Å². The van der Waals surface area contributed by atoms with Crippen LogP contribution < -0.4 is 0 Å². The summed E-state index contributed by atoms with van der Waals surface area (Å²) in [5.74, 6) is -0.878. The van der Waals surface area contributed by atoms with Crippen LogP contribution in [0.2, 0.25) is 0 Å². The predicted molar refractivity (Wildman–Crippen MR) is 60.3 cm³/mol. The summed E-state index contributed by atoms with van der Waals surface area (Å²) in [5, 5.41) is 20.2. The average Bonchev–Trinajstić information content (AvgIpc) is 2.76. The van der Waals surface area contributed by atoms with Gasteiger partial charge in [0.15, 0.2) is 5.78 Å². The summed E-state index contributed by atoms with van der Waals surface area (Å²) in [4.78, 5) is 12.3. The van der Waals surface area contributed by atoms with Gasteiger partial charge in [-0.05, 0) is 32.8 Å². The molecule has 1 saturated heterocycles. The van der Waals surface area contributed by atoms with Gasteiger partial charge < -0.3 is 14.9 Å². The second-order valence-corrected chi connectivity index (χ2v) is 5.96. The summed E-state index contributed by atoms with van der Waals surface area (Å²) in [6, 6.07) is 0. The Kier molecular flexibility index (Phi) is 2.01. The van der Waals surface area contributed by atoms with Crippen molar-refractivity contribution in [1.29, 1.82) is 0 Å². The number of rotatable bonds is 0. The Labute approximate surface area is 100 Å². The summed E-state index contributed by atoms with van der Waals surface area (Å²) in [6.07, 6.45) is 0.588. The largest absolute Gasteiger partial charge is 0.390 e. The van der Waals surface area contributed by atoms with Gasteiger partial charge in [-0.1, -0.05) is 6.08 Å². The van der Waals surface area contributed by atoms with Crippen molar-refractivity contribution in [2.24, 2.45) is 11.8 Å². The highest BCUT2D eigenvalue weighted by Gasteiger charge is 2.79. The van der Waals surface area contributed by atoms with Crippen molar-refractivity contribution < 1.29 is 19.7 Å². The van der Waals surface area contributed by atoms with Crippen molar-refractivity contribution in [2.45, 2.75) is 50.6 Å². The number of aliphatic hydroxyl groups is 2. The Bertz CT molecular complexity index is 425. The number of hydrogen-bond acceptors (Lipinski definition) is 4. The van der Waals surface area contributed by atoms with E-state index in [1.54, 1.807) is 6.92 Å². The van der Waals surface area contributed by atoms with Crippen LogP contribution in [0.1, 0.15) is 27.2 Å². The fraction of sp³-hybridized carbons (Fsp3) is 0.769. The quantitative estimate of drug-likeness (QED) is 0.600. The second-order valence-electron chi connectivity index (χ2n) is 5.96. The monoisotopic (exact) mass is 238 g/mol. The second kappa shape index (κ2) is 2.99. The molecule has 2 aliphatic carbocycles. The van der Waals surface area contributed by atoms with Gasteiger partial charge in [0.2, 0.25) is 0 Å². The lowest BCUT2D eigenvalue weighted by Crippen LogP contribution is -2.39. The van der Waals surface area contributed by atoms with E-state index in [1.165, 1.54) is 0 Å². The summed E-state index contributed by atoms with van der Waals surface area (Å²) < 4.78 is 5.79. The topological polar surface area (TPSA) is 70.1 Å². The highest BCUT2D eigenvalue weighted by atomic mass is 16.6. The van der Waals surface area contributed by atoms with Gasteiger partial charge in [0.1, 0.15) is 5.60 Å². The third-order valence-electron chi connectivity index (χ3n) is 4.79. The Balaban J connectivity index is 2.13. The van der Waals surface area contributed by atoms with Gasteiger partial charge in [0, 0.05) is 5.92 Å². The molecule has 1 spiro atoms. The Hall–Kier alpha value is -0.710. The van der Waals surface area contributed by atoms with Crippen LogP contribution in [0.25, 0.3) is 0 Å². The van der Waals surface area contributed by atoms with Crippen LogP contribution in [-0.2, 0) is 9.53 Å². The average molecular weight is 238 g/mol. The molecule has 2 bridgehead atoms. The highest BCUT2D eigenvalue weighted by Crippen LogP contribution is 2.65. The molecular weight excluding hydrogens is 220 g/mol. The molecule has 0 radical (unpaired) electrons. The molecular formula is C13H18O4. The molecule has 1 heterocycles. The SMILES string of the molecule is CC1=CC[C@@H]2[C@@H](O)[C@@H](O)[C@H](C1=O)C21OC1(C)C. The summed E-state index contributed by atoms with van der Waals surface area (Å²) >= 11 is 0. The summed E-state index contributed by atoms with van der Waals surface area (Å²) in [6.45, 7) is 5.61. The zero-order chi connectivity index (χ0) is 12.6. The molecule has 4 heteroatoms. The molecule has 3 aliphatic rings. The number of Topliss-reactive ketones (excluding diaryl/α,β-unsaturated/α-hetero) is 1. The number of carbonyl (C=O) groups is 1. The lowest BCUT2D eigenvalue weighted by Gasteiger charge is -2.20. The molecule has 1 unspecified atom stereocenters. The van der Waals surface area contributed by atoms with Gasteiger partial charge >= 0.3 is 0 Å². The van der Waals surface area contributed by atoms with Crippen molar-refractivity contribution in [3.63, 3.8) is 0 Å². The molecule has 0 aromatic carbocycles. The van der Waals surface area contributed by atoms with E-state index in [-0.39, 0.29) is 11.7 Å². The number of aliphatic hydroxyl groups excluding tert-OH is 2. The van der Waals surface area contributed by atoms with Crippen molar-refractivity contribution in [2.75, 3.05) is 0 Å². The van der Waals surface area contributed by atoms with Gasteiger partial charge in [0.05, 0.1) is 23.7 Å². The Morgan fingerprint density at radius 3 is 2.47 bits per heavy atom. The summed E-state index contributed by atoms with van der Waals surface area (Å²) in [5.41, 5.74) is -0.430. The third kappa shape index (κ3) is 1.11. The minimum atomic E-state index is -1.00. The number of hydrogen-bond donors (Lipinski definition) is 2. The maximum Gasteiger partial charge on any atom is 0.167 e. The first kappa shape index (κ1) is 11.4. The van der Waals surface area contributed by atoms with E-state index in [4.69, 9.17) is 4.74 Å². The molecule has 94 valence electrons. The van der Waals surface area contributed by atoms with E-state index in [2.05, 4.69) is 0 Å². The van der Waals surface area contributed by atoms with E-state index < -0.39 is 29.3 Å². The molecule has 17 heavy (non-hydrogen) atoms. The molecule has 4 nitrogen and oxygen atoms in total. The molecule has 2 N–H and O–H groups in total. The molecule has 1 saturated carbocycles. The molecule has 2 fully saturated rings. The maximum absolute atomic E-state index is 12.3. The van der Waals surface area contributed by atoms with Crippen LogP contribution >= 0.6 is 0 Å². The van der Waals surface area contributed by atoms with Gasteiger partial charge in [-0.15, -0.1) is 0 Å². The van der Waals surface area contributed by atoms with Crippen LogP contribution in [0.3, 0.4) is 0 Å². The zero-order valence-corrected chi connectivity index (χ0v) is 10.3. The van der Waals surface area contributed by atoms with E-state index >= 15 is 0 Å². The first-order valence-corrected chi connectivity index (χ1v) is 6.10. The van der Waals surface area contributed by atoms with Gasteiger partial charge in [0.25, 0.3) is 0 Å². The maximum atomic E-state index is 12.3. The molecule has 5 atom stereocenters. The molecule has 0 amide bonds. The van der Waals surface area contributed by atoms with Crippen molar-refractivity contribution in [3.8, 4) is 0 Å². The smallest absolute Gasteiger partial charge is 0.167 e. The Morgan fingerprint density at radius 1 is 1.35 bits per heavy atom. The normalized spacial score (nSPS) is 51.4. The number of carbonyl (C=O) groups excluding carboxylic acids is 1. The fourth-order valence-electron chi connectivity index (χ4n) is 3.84. The minimum absolute atomic E-state index is 0.0814. The van der Waals surface area contributed by atoms with Crippen molar-refractivity contribution in [3.05, 3.63) is 11.6 Å².